The zero-order valence-corrected chi connectivity index (χ0v) is 17.1. The van der Waals surface area contributed by atoms with Crippen LogP contribution < -0.4 is 10.5 Å². The molecule has 2 saturated heterocycles. The van der Waals surface area contributed by atoms with Crippen molar-refractivity contribution in [3.8, 4) is 0 Å². The van der Waals surface area contributed by atoms with Gasteiger partial charge in [0.15, 0.2) is 0 Å². The van der Waals surface area contributed by atoms with Crippen LogP contribution in [0, 0.1) is 11.8 Å². The Hall–Kier alpha value is -2.50. The van der Waals surface area contributed by atoms with Crippen LogP contribution in [0.1, 0.15) is 0 Å². The number of rotatable bonds is 1. The lowest BCUT2D eigenvalue weighted by molar-refractivity contribution is 0.207. The van der Waals surface area contributed by atoms with Crippen molar-refractivity contribution in [3.63, 3.8) is 0 Å². The van der Waals surface area contributed by atoms with Crippen molar-refractivity contribution in [3.05, 3.63) is 75.0 Å². The summed E-state index contributed by atoms with van der Waals surface area (Å²) in [5, 5.41) is 1.98. The summed E-state index contributed by atoms with van der Waals surface area (Å²) in [6.07, 6.45) is 0. The fourth-order valence-corrected chi connectivity index (χ4v) is 4.86. The summed E-state index contributed by atoms with van der Waals surface area (Å²) in [7, 11) is 0. The molecule has 1 amide bonds. The summed E-state index contributed by atoms with van der Waals surface area (Å²) >= 11 is 12.2. The van der Waals surface area contributed by atoms with E-state index >= 15 is 0 Å². The van der Waals surface area contributed by atoms with E-state index < -0.39 is 0 Å². The van der Waals surface area contributed by atoms with Crippen molar-refractivity contribution in [1.29, 1.82) is 0 Å². The Morgan fingerprint density at radius 2 is 1.59 bits per heavy atom. The van der Waals surface area contributed by atoms with Crippen LogP contribution >= 0.6 is 23.2 Å². The Morgan fingerprint density at radius 3 is 2.31 bits per heavy atom. The first-order valence-electron chi connectivity index (χ1n) is 9.61. The Kier molecular flexibility index (Phi) is 4.52. The molecule has 3 heterocycles. The molecule has 0 bridgehead atoms. The summed E-state index contributed by atoms with van der Waals surface area (Å²) in [6, 6.07) is 16.1. The van der Waals surface area contributed by atoms with Crippen molar-refractivity contribution >= 4 is 45.8 Å². The number of aromatic nitrogens is 1. The molecular weight excluding hydrogens is 409 g/mol. The van der Waals surface area contributed by atoms with Gasteiger partial charge < -0.3 is 9.80 Å². The number of amides is 1. The molecule has 0 spiro atoms. The first kappa shape index (κ1) is 18.5. The largest absolute Gasteiger partial charge is 0.371 e. The van der Waals surface area contributed by atoms with Crippen molar-refractivity contribution in [1.82, 2.24) is 9.47 Å². The topological polar surface area (TPSA) is 45.6 Å². The van der Waals surface area contributed by atoms with Crippen LogP contribution in [0.5, 0.6) is 0 Å². The number of benzene rings is 2. The van der Waals surface area contributed by atoms with E-state index in [9.17, 15) is 9.59 Å². The fraction of sp³-hybridized carbons (Fsp3) is 0.273. The number of carbonyl (C=O) groups excluding carboxylic acids is 1. The number of halogens is 2. The van der Waals surface area contributed by atoms with Crippen molar-refractivity contribution in [2.45, 2.75) is 0 Å². The van der Waals surface area contributed by atoms with E-state index in [2.05, 4.69) is 4.90 Å². The average Bonchev–Trinajstić information content (AvgIpc) is 3.29. The molecule has 0 radical (unpaired) electrons. The van der Waals surface area contributed by atoms with Gasteiger partial charge in [0.05, 0.1) is 15.6 Å². The van der Waals surface area contributed by atoms with E-state index in [1.54, 1.807) is 6.07 Å². The third-order valence-electron chi connectivity index (χ3n) is 6.02. The summed E-state index contributed by atoms with van der Waals surface area (Å²) in [5.41, 5.74) is 1.42. The molecular formula is C22H19Cl2N3O2. The van der Waals surface area contributed by atoms with Gasteiger partial charge in [0.2, 0.25) is 0 Å². The molecule has 7 heteroatoms. The molecule has 2 unspecified atom stereocenters. The van der Waals surface area contributed by atoms with Crippen molar-refractivity contribution in [2.75, 3.05) is 31.1 Å². The van der Waals surface area contributed by atoms with Gasteiger partial charge in [-0.1, -0.05) is 41.4 Å². The minimum atomic E-state index is -0.289. The molecule has 5 nitrogen and oxygen atoms in total. The van der Waals surface area contributed by atoms with Gasteiger partial charge in [-0.25, -0.2) is 9.36 Å². The molecule has 2 aliphatic rings. The first-order valence-corrected chi connectivity index (χ1v) is 10.4. The normalized spacial score (nSPS) is 21.0. The lowest BCUT2D eigenvalue weighted by Crippen LogP contribution is -2.40. The zero-order valence-electron chi connectivity index (χ0n) is 15.6. The molecule has 0 aliphatic carbocycles. The highest BCUT2D eigenvalue weighted by molar-refractivity contribution is 6.42. The third kappa shape index (κ3) is 3.18. The van der Waals surface area contributed by atoms with E-state index in [-0.39, 0.29) is 11.6 Å². The van der Waals surface area contributed by atoms with E-state index in [0.29, 0.717) is 40.5 Å². The molecule has 2 atom stereocenters. The molecule has 29 heavy (non-hydrogen) atoms. The number of hydrogen-bond acceptors (Lipinski definition) is 3. The highest BCUT2D eigenvalue weighted by atomic mass is 35.5. The maximum absolute atomic E-state index is 13.2. The second-order valence-electron chi connectivity index (χ2n) is 7.78. The Labute approximate surface area is 178 Å². The van der Waals surface area contributed by atoms with Gasteiger partial charge >= 0.3 is 6.03 Å². The average molecular weight is 428 g/mol. The van der Waals surface area contributed by atoms with E-state index in [0.717, 1.165) is 24.2 Å². The number of pyridine rings is 1. The van der Waals surface area contributed by atoms with E-state index in [1.165, 1.54) is 10.6 Å². The molecule has 2 fully saturated rings. The number of anilines is 1. The second-order valence-corrected chi connectivity index (χ2v) is 8.59. The van der Waals surface area contributed by atoms with Gasteiger partial charge in [-0.15, -0.1) is 0 Å². The lowest BCUT2D eigenvalue weighted by Gasteiger charge is -2.24. The predicted molar refractivity (Wildman–Crippen MR) is 116 cm³/mol. The molecule has 0 N–H and O–H groups in total. The number of nitrogens with zero attached hydrogens (tertiary/aromatic N) is 3. The highest BCUT2D eigenvalue weighted by Gasteiger charge is 2.42. The highest BCUT2D eigenvalue weighted by Crippen LogP contribution is 2.36. The molecule has 0 saturated carbocycles. The van der Waals surface area contributed by atoms with Crippen molar-refractivity contribution < 1.29 is 4.79 Å². The van der Waals surface area contributed by atoms with Crippen LogP contribution in [0.3, 0.4) is 0 Å². The molecule has 2 aromatic carbocycles. The maximum Gasteiger partial charge on any atom is 0.331 e. The van der Waals surface area contributed by atoms with E-state index in [4.69, 9.17) is 23.2 Å². The summed E-state index contributed by atoms with van der Waals surface area (Å²) < 4.78 is 1.30. The van der Waals surface area contributed by atoms with Gasteiger partial charge in [0, 0.05) is 49.8 Å². The monoisotopic (exact) mass is 427 g/mol. The molecule has 5 rings (SSSR count). The second kappa shape index (κ2) is 7.08. The van der Waals surface area contributed by atoms with E-state index in [1.807, 2.05) is 47.4 Å². The summed E-state index contributed by atoms with van der Waals surface area (Å²) in [6.45, 7) is 3.02. The number of fused-ring (bicyclic) bond motifs is 2. The number of likely N-dealkylation sites (tertiary alicyclic amines) is 1. The van der Waals surface area contributed by atoms with Crippen LogP contribution in [-0.4, -0.2) is 41.7 Å². The summed E-state index contributed by atoms with van der Waals surface area (Å²) in [4.78, 5) is 29.8. The predicted octanol–water partition coefficient (Wildman–Crippen LogP) is 4.34. The van der Waals surface area contributed by atoms with Crippen molar-refractivity contribution in [2.24, 2.45) is 11.8 Å². The van der Waals surface area contributed by atoms with Crippen LogP contribution in [0.15, 0.2) is 59.4 Å². The third-order valence-corrected chi connectivity index (χ3v) is 6.76. The molecule has 2 aliphatic heterocycles. The van der Waals surface area contributed by atoms with Crippen LogP contribution in [-0.2, 0) is 0 Å². The zero-order chi connectivity index (χ0) is 20.1. The minimum Gasteiger partial charge on any atom is -0.371 e. The first-order chi connectivity index (χ1) is 14.0. The SMILES string of the molecule is O=C(N1CC2CN(c3ccc(Cl)c(Cl)c3)CC2C1)n1c(=O)ccc2ccccc21. The molecule has 1 aromatic heterocycles. The quantitative estimate of drug-likeness (QED) is 0.579. The maximum atomic E-state index is 13.2. The standard InChI is InChI=1S/C22H19Cl2N3O2/c23-18-7-6-17(9-19(18)24)25-10-15-12-26(13-16(15)11-25)22(29)27-20-4-2-1-3-14(20)5-8-21(27)28/h1-9,15-16H,10-13H2. The van der Waals surface area contributed by atoms with Gasteiger partial charge in [-0.2, -0.15) is 0 Å². The fourth-order valence-electron chi connectivity index (χ4n) is 4.57. The summed E-state index contributed by atoms with van der Waals surface area (Å²) in [5.74, 6) is 0.748. The van der Waals surface area contributed by atoms with Crippen LogP contribution in [0.4, 0.5) is 10.5 Å². The number of carbonyl (C=O) groups is 1. The lowest BCUT2D eigenvalue weighted by atomic mass is 10.0. The van der Waals surface area contributed by atoms with Crippen LogP contribution in [0.25, 0.3) is 10.9 Å². The number of para-hydroxylation sites is 1. The molecule has 3 aromatic rings. The van der Waals surface area contributed by atoms with Crippen LogP contribution in [0.2, 0.25) is 10.0 Å². The smallest absolute Gasteiger partial charge is 0.331 e. The molecule has 148 valence electrons. The Bertz CT molecular complexity index is 1160. The van der Waals surface area contributed by atoms with Gasteiger partial charge in [-0.05, 0) is 35.7 Å². The van der Waals surface area contributed by atoms with Gasteiger partial charge in [-0.3, -0.25) is 4.79 Å². The van der Waals surface area contributed by atoms with Gasteiger partial charge in [0.1, 0.15) is 0 Å². The Balaban J connectivity index is 1.36. The number of hydrogen-bond donors (Lipinski definition) is 0. The van der Waals surface area contributed by atoms with Gasteiger partial charge in [0.25, 0.3) is 5.56 Å². The minimum absolute atomic E-state index is 0.234. The Morgan fingerprint density at radius 1 is 0.862 bits per heavy atom.